The van der Waals surface area contributed by atoms with E-state index in [4.69, 9.17) is 15.4 Å². The molecule has 19 heavy (non-hydrogen) atoms. The standard InChI is InChI=1S/C13H21N3O3/c1-12(2)5-7-13(14,8-6-12)11-15-9(19-16-11)3-4-10(17)18/h3-8,14H2,1-2H3,(H,17,18). The molecule has 0 amide bonds. The highest BCUT2D eigenvalue weighted by Crippen LogP contribution is 2.42. The molecule has 1 aromatic heterocycles. The molecule has 1 heterocycles. The van der Waals surface area contributed by atoms with E-state index < -0.39 is 11.5 Å². The van der Waals surface area contributed by atoms with Gasteiger partial charge in [0.15, 0.2) is 5.82 Å². The highest BCUT2D eigenvalue weighted by atomic mass is 16.5. The summed E-state index contributed by atoms with van der Waals surface area (Å²) in [6.07, 6.45) is 3.97. The third kappa shape index (κ3) is 3.32. The molecule has 6 heteroatoms. The number of hydrogen-bond donors (Lipinski definition) is 2. The van der Waals surface area contributed by atoms with Gasteiger partial charge in [0.25, 0.3) is 0 Å². The Morgan fingerprint density at radius 3 is 2.58 bits per heavy atom. The monoisotopic (exact) mass is 267 g/mol. The SMILES string of the molecule is CC1(C)CCC(N)(c2noc(CCC(=O)O)n2)CC1. The molecule has 1 aromatic rings. The molecule has 1 aliphatic carbocycles. The van der Waals surface area contributed by atoms with Gasteiger partial charge in [-0.15, -0.1) is 0 Å². The minimum absolute atomic E-state index is 0.00770. The van der Waals surface area contributed by atoms with Gasteiger partial charge in [-0.1, -0.05) is 19.0 Å². The number of nitrogens with zero attached hydrogens (tertiary/aromatic N) is 2. The van der Waals surface area contributed by atoms with Gasteiger partial charge in [-0.25, -0.2) is 0 Å². The van der Waals surface area contributed by atoms with Gasteiger partial charge in [0.2, 0.25) is 5.89 Å². The van der Waals surface area contributed by atoms with Gasteiger partial charge in [0.05, 0.1) is 12.0 Å². The molecule has 0 saturated heterocycles. The van der Waals surface area contributed by atoms with Crippen molar-refractivity contribution in [1.29, 1.82) is 0 Å². The molecule has 0 spiro atoms. The van der Waals surface area contributed by atoms with Crippen LogP contribution in [0.4, 0.5) is 0 Å². The molecular weight excluding hydrogens is 246 g/mol. The zero-order valence-electron chi connectivity index (χ0n) is 11.5. The van der Waals surface area contributed by atoms with Gasteiger partial charge in [-0.05, 0) is 31.1 Å². The molecule has 0 radical (unpaired) electrons. The van der Waals surface area contributed by atoms with Crippen LogP contribution in [0.2, 0.25) is 0 Å². The quantitative estimate of drug-likeness (QED) is 0.863. The summed E-state index contributed by atoms with van der Waals surface area (Å²) in [5, 5.41) is 12.6. The summed E-state index contributed by atoms with van der Waals surface area (Å²) >= 11 is 0. The van der Waals surface area contributed by atoms with Gasteiger partial charge in [0, 0.05) is 6.42 Å². The van der Waals surface area contributed by atoms with E-state index in [0.29, 0.717) is 17.1 Å². The normalized spacial score (nSPS) is 21.2. The number of carboxylic acid groups (broad SMARTS) is 1. The fourth-order valence-electron chi connectivity index (χ4n) is 2.37. The number of nitrogens with two attached hydrogens (primary N) is 1. The van der Waals surface area contributed by atoms with Crippen LogP contribution in [0, 0.1) is 5.41 Å². The largest absolute Gasteiger partial charge is 0.481 e. The van der Waals surface area contributed by atoms with Crippen molar-refractivity contribution in [3.05, 3.63) is 11.7 Å². The van der Waals surface area contributed by atoms with Crippen molar-refractivity contribution in [2.45, 2.75) is 57.9 Å². The van der Waals surface area contributed by atoms with E-state index in [1.807, 2.05) is 0 Å². The second kappa shape index (κ2) is 4.92. The number of aryl methyl sites for hydroxylation is 1. The van der Waals surface area contributed by atoms with Crippen LogP contribution in [0.25, 0.3) is 0 Å². The first-order valence-electron chi connectivity index (χ1n) is 6.65. The van der Waals surface area contributed by atoms with E-state index in [1.54, 1.807) is 0 Å². The molecule has 0 aliphatic heterocycles. The molecule has 1 fully saturated rings. The van der Waals surface area contributed by atoms with E-state index >= 15 is 0 Å². The smallest absolute Gasteiger partial charge is 0.303 e. The first-order valence-corrected chi connectivity index (χ1v) is 6.65. The first kappa shape index (κ1) is 14.0. The number of carbonyl (C=O) groups is 1. The molecule has 1 saturated carbocycles. The van der Waals surface area contributed by atoms with Gasteiger partial charge in [0.1, 0.15) is 0 Å². The number of aliphatic carboxylic acids is 1. The highest BCUT2D eigenvalue weighted by Gasteiger charge is 2.39. The molecule has 0 bridgehead atoms. The topological polar surface area (TPSA) is 102 Å². The van der Waals surface area contributed by atoms with Gasteiger partial charge in [-0.3, -0.25) is 4.79 Å². The molecule has 1 aliphatic rings. The van der Waals surface area contributed by atoms with Crippen LogP contribution in [0.5, 0.6) is 0 Å². The highest BCUT2D eigenvalue weighted by molar-refractivity contribution is 5.66. The van der Waals surface area contributed by atoms with Crippen LogP contribution in [-0.4, -0.2) is 21.2 Å². The molecular formula is C13H21N3O3. The van der Waals surface area contributed by atoms with E-state index in [1.165, 1.54) is 0 Å². The molecule has 106 valence electrons. The Bertz CT molecular complexity index is 457. The van der Waals surface area contributed by atoms with Crippen molar-refractivity contribution in [3.8, 4) is 0 Å². The Morgan fingerprint density at radius 2 is 2.00 bits per heavy atom. The summed E-state index contributed by atoms with van der Waals surface area (Å²) in [6.45, 7) is 4.47. The van der Waals surface area contributed by atoms with Crippen LogP contribution in [0.15, 0.2) is 4.52 Å². The second-order valence-electron chi connectivity index (χ2n) is 6.23. The molecule has 2 rings (SSSR count). The van der Waals surface area contributed by atoms with Crippen molar-refractivity contribution in [1.82, 2.24) is 10.1 Å². The third-order valence-electron chi connectivity index (χ3n) is 3.96. The summed E-state index contributed by atoms with van der Waals surface area (Å²) in [5.41, 5.74) is 6.16. The number of rotatable bonds is 4. The summed E-state index contributed by atoms with van der Waals surface area (Å²) in [5.74, 6) is -0.00271. The van der Waals surface area contributed by atoms with Crippen LogP contribution in [0.3, 0.4) is 0 Å². The average molecular weight is 267 g/mol. The minimum Gasteiger partial charge on any atom is -0.481 e. The van der Waals surface area contributed by atoms with Crippen molar-refractivity contribution in [2.75, 3.05) is 0 Å². The summed E-state index contributed by atoms with van der Waals surface area (Å²) < 4.78 is 5.08. The van der Waals surface area contributed by atoms with Crippen LogP contribution < -0.4 is 5.73 Å². The van der Waals surface area contributed by atoms with Crippen LogP contribution in [0.1, 0.15) is 57.7 Å². The minimum atomic E-state index is -0.873. The predicted octanol–water partition coefficient (Wildman–Crippen LogP) is 1.84. The van der Waals surface area contributed by atoms with Crippen molar-refractivity contribution in [2.24, 2.45) is 11.1 Å². The average Bonchev–Trinajstić information content (AvgIpc) is 2.80. The summed E-state index contributed by atoms with van der Waals surface area (Å²) in [6, 6.07) is 0. The lowest BCUT2D eigenvalue weighted by molar-refractivity contribution is -0.137. The maximum absolute atomic E-state index is 10.5. The number of carboxylic acids is 1. The van der Waals surface area contributed by atoms with Crippen molar-refractivity contribution < 1.29 is 14.4 Å². The first-order chi connectivity index (χ1) is 8.81. The molecule has 0 atom stereocenters. The second-order valence-corrected chi connectivity index (χ2v) is 6.23. The van der Waals surface area contributed by atoms with E-state index in [9.17, 15) is 4.79 Å². The fourth-order valence-corrected chi connectivity index (χ4v) is 2.37. The number of hydrogen-bond acceptors (Lipinski definition) is 5. The lowest BCUT2D eigenvalue weighted by Gasteiger charge is -2.39. The van der Waals surface area contributed by atoms with E-state index in [0.717, 1.165) is 25.7 Å². The Labute approximate surface area is 112 Å². The molecule has 6 nitrogen and oxygen atoms in total. The van der Waals surface area contributed by atoms with E-state index in [2.05, 4.69) is 24.0 Å². The lowest BCUT2D eigenvalue weighted by Crippen LogP contribution is -2.43. The molecule has 0 aromatic carbocycles. The van der Waals surface area contributed by atoms with Gasteiger partial charge >= 0.3 is 5.97 Å². The third-order valence-corrected chi connectivity index (χ3v) is 3.96. The fraction of sp³-hybridized carbons (Fsp3) is 0.769. The summed E-state index contributed by atoms with van der Waals surface area (Å²) in [4.78, 5) is 14.8. The Morgan fingerprint density at radius 1 is 1.37 bits per heavy atom. The maximum atomic E-state index is 10.5. The van der Waals surface area contributed by atoms with Crippen molar-refractivity contribution >= 4 is 5.97 Å². The zero-order chi connectivity index (χ0) is 14.1. The van der Waals surface area contributed by atoms with Crippen molar-refractivity contribution in [3.63, 3.8) is 0 Å². The Hall–Kier alpha value is -1.43. The number of aromatic nitrogens is 2. The lowest BCUT2D eigenvalue weighted by atomic mass is 9.69. The summed E-state index contributed by atoms with van der Waals surface area (Å²) in [7, 11) is 0. The van der Waals surface area contributed by atoms with Crippen LogP contribution >= 0.6 is 0 Å². The van der Waals surface area contributed by atoms with Crippen LogP contribution in [-0.2, 0) is 16.8 Å². The Balaban J connectivity index is 2.03. The predicted molar refractivity (Wildman–Crippen MR) is 68.4 cm³/mol. The maximum Gasteiger partial charge on any atom is 0.303 e. The molecule has 3 N–H and O–H groups in total. The zero-order valence-corrected chi connectivity index (χ0v) is 11.5. The Kier molecular flexibility index (Phi) is 3.62. The van der Waals surface area contributed by atoms with Gasteiger partial charge in [-0.2, -0.15) is 4.98 Å². The van der Waals surface area contributed by atoms with E-state index in [-0.39, 0.29) is 12.8 Å². The molecule has 0 unspecified atom stereocenters. The van der Waals surface area contributed by atoms with Gasteiger partial charge < -0.3 is 15.4 Å².